The van der Waals surface area contributed by atoms with Crippen LogP contribution in [0.5, 0.6) is 0 Å². The topological polar surface area (TPSA) is 75.4 Å². The maximum atomic E-state index is 10.8. The van der Waals surface area contributed by atoms with E-state index >= 15 is 0 Å². The molecule has 6 heteroatoms. The molecule has 94 valence electrons. The molecule has 0 saturated carbocycles. The van der Waals surface area contributed by atoms with Gasteiger partial charge in [-0.25, -0.2) is 4.79 Å². The van der Waals surface area contributed by atoms with Crippen LogP contribution in [0.3, 0.4) is 0 Å². The van der Waals surface area contributed by atoms with Gasteiger partial charge in [0.15, 0.2) is 5.76 Å². The number of aromatic carboxylic acids is 1. The summed E-state index contributed by atoms with van der Waals surface area (Å²) in [6.07, 6.45) is 0. The van der Waals surface area contributed by atoms with E-state index in [0.717, 1.165) is 17.1 Å². The summed E-state index contributed by atoms with van der Waals surface area (Å²) in [6, 6.07) is 6.64. The second kappa shape index (κ2) is 5.22. The van der Waals surface area contributed by atoms with E-state index in [-0.39, 0.29) is 5.56 Å². The van der Waals surface area contributed by atoms with Crippen molar-refractivity contribution < 1.29 is 14.4 Å². The van der Waals surface area contributed by atoms with Crippen molar-refractivity contribution in [1.29, 1.82) is 0 Å². The molecule has 0 saturated heterocycles. The Morgan fingerprint density at radius 3 is 2.83 bits per heavy atom. The van der Waals surface area contributed by atoms with E-state index in [9.17, 15) is 4.79 Å². The normalized spacial score (nSPS) is 10.3. The van der Waals surface area contributed by atoms with Gasteiger partial charge in [-0.2, -0.15) is 0 Å². The number of rotatable bonds is 4. The van der Waals surface area contributed by atoms with Gasteiger partial charge < -0.3 is 14.9 Å². The van der Waals surface area contributed by atoms with E-state index < -0.39 is 5.97 Å². The van der Waals surface area contributed by atoms with Crippen molar-refractivity contribution in [2.45, 2.75) is 13.5 Å². The smallest absolute Gasteiger partial charge is 0.335 e. The fourth-order valence-corrected chi connectivity index (χ4v) is 1.99. The summed E-state index contributed by atoms with van der Waals surface area (Å²) >= 11 is 3.32. The maximum Gasteiger partial charge on any atom is 0.335 e. The zero-order valence-corrected chi connectivity index (χ0v) is 11.2. The standard InChI is InChI=1S/C12H11BrN2O3/c1-7-4-9(18-15-7)6-14-11-3-2-8(12(16)17)5-10(11)13/h2-5,14H,6H2,1H3,(H,16,17). The summed E-state index contributed by atoms with van der Waals surface area (Å²) in [7, 11) is 0. The van der Waals surface area contributed by atoms with Crippen LogP contribution in [-0.2, 0) is 6.54 Å². The lowest BCUT2D eigenvalue weighted by molar-refractivity contribution is 0.0697. The van der Waals surface area contributed by atoms with Crippen LogP contribution >= 0.6 is 15.9 Å². The Morgan fingerprint density at radius 2 is 2.28 bits per heavy atom. The van der Waals surface area contributed by atoms with Crippen LogP contribution in [0.15, 0.2) is 33.3 Å². The van der Waals surface area contributed by atoms with Crippen LogP contribution in [0.4, 0.5) is 5.69 Å². The Bertz CT molecular complexity index is 580. The number of aryl methyl sites for hydroxylation is 1. The molecule has 0 fully saturated rings. The highest BCUT2D eigenvalue weighted by Crippen LogP contribution is 2.24. The fourth-order valence-electron chi connectivity index (χ4n) is 1.47. The number of benzene rings is 1. The van der Waals surface area contributed by atoms with Gasteiger partial charge in [0.1, 0.15) is 0 Å². The number of carbonyl (C=O) groups is 1. The Balaban J connectivity index is 2.08. The maximum absolute atomic E-state index is 10.8. The van der Waals surface area contributed by atoms with Crippen molar-refractivity contribution in [1.82, 2.24) is 5.16 Å². The molecule has 0 aliphatic heterocycles. The number of hydrogen-bond donors (Lipinski definition) is 2. The van der Waals surface area contributed by atoms with E-state index in [1.54, 1.807) is 18.2 Å². The van der Waals surface area contributed by atoms with Crippen molar-refractivity contribution in [3.05, 3.63) is 45.8 Å². The van der Waals surface area contributed by atoms with E-state index in [1.807, 2.05) is 13.0 Å². The molecule has 0 atom stereocenters. The first-order valence-electron chi connectivity index (χ1n) is 5.25. The van der Waals surface area contributed by atoms with Crippen LogP contribution in [0.25, 0.3) is 0 Å². The van der Waals surface area contributed by atoms with Gasteiger partial charge in [0.05, 0.1) is 17.8 Å². The third-order valence-corrected chi connectivity index (χ3v) is 3.00. The molecule has 1 aromatic heterocycles. The molecular formula is C12H11BrN2O3. The predicted molar refractivity (Wildman–Crippen MR) is 69.7 cm³/mol. The third kappa shape index (κ3) is 2.89. The van der Waals surface area contributed by atoms with Crippen LogP contribution in [0, 0.1) is 6.92 Å². The van der Waals surface area contributed by atoms with Crippen molar-refractivity contribution in [2.75, 3.05) is 5.32 Å². The first-order valence-corrected chi connectivity index (χ1v) is 6.04. The molecule has 0 spiro atoms. The number of halogens is 1. The molecule has 0 amide bonds. The fraction of sp³-hybridized carbons (Fsp3) is 0.167. The zero-order valence-electron chi connectivity index (χ0n) is 9.61. The average Bonchev–Trinajstić information content (AvgIpc) is 2.73. The van der Waals surface area contributed by atoms with Crippen LogP contribution in [0.1, 0.15) is 21.8 Å². The van der Waals surface area contributed by atoms with Gasteiger partial charge in [0, 0.05) is 16.2 Å². The molecule has 0 radical (unpaired) electrons. The second-order valence-electron chi connectivity index (χ2n) is 3.79. The molecule has 18 heavy (non-hydrogen) atoms. The van der Waals surface area contributed by atoms with Gasteiger partial charge in [0.25, 0.3) is 0 Å². The molecule has 0 aliphatic carbocycles. The summed E-state index contributed by atoms with van der Waals surface area (Å²) < 4.78 is 5.76. The molecule has 2 N–H and O–H groups in total. The van der Waals surface area contributed by atoms with Gasteiger partial charge in [-0.05, 0) is 41.1 Å². The van der Waals surface area contributed by atoms with E-state index in [1.165, 1.54) is 0 Å². The largest absolute Gasteiger partial charge is 0.478 e. The minimum absolute atomic E-state index is 0.239. The molecule has 2 aromatic rings. The van der Waals surface area contributed by atoms with Crippen molar-refractivity contribution in [3.63, 3.8) is 0 Å². The lowest BCUT2D eigenvalue weighted by Crippen LogP contribution is -2.01. The zero-order chi connectivity index (χ0) is 13.1. The number of aromatic nitrogens is 1. The van der Waals surface area contributed by atoms with Crippen LogP contribution in [0.2, 0.25) is 0 Å². The Labute approximate surface area is 112 Å². The third-order valence-electron chi connectivity index (χ3n) is 2.35. The van der Waals surface area contributed by atoms with Crippen molar-refractivity contribution >= 4 is 27.6 Å². The Hall–Kier alpha value is -1.82. The Kier molecular flexibility index (Phi) is 3.66. The average molecular weight is 311 g/mol. The molecule has 0 unspecified atom stereocenters. The van der Waals surface area contributed by atoms with Gasteiger partial charge in [-0.3, -0.25) is 0 Å². The molecule has 1 heterocycles. The predicted octanol–water partition coefficient (Wildman–Crippen LogP) is 3.06. The number of nitrogens with zero attached hydrogens (tertiary/aromatic N) is 1. The highest BCUT2D eigenvalue weighted by atomic mass is 79.9. The summed E-state index contributed by atoms with van der Waals surface area (Å²) in [4.78, 5) is 10.8. The van der Waals surface area contributed by atoms with E-state index in [0.29, 0.717) is 11.0 Å². The second-order valence-corrected chi connectivity index (χ2v) is 4.64. The van der Waals surface area contributed by atoms with E-state index in [4.69, 9.17) is 9.63 Å². The summed E-state index contributed by atoms with van der Waals surface area (Å²) in [6.45, 7) is 2.34. The minimum Gasteiger partial charge on any atom is -0.478 e. The van der Waals surface area contributed by atoms with Crippen molar-refractivity contribution in [3.8, 4) is 0 Å². The van der Waals surface area contributed by atoms with Gasteiger partial charge in [-0.15, -0.1) is 0 Å². The number of nitrogens with one attached hydrogen (secondary N) is 1. The van der Waals surface area contributed by atoms with Crippen LogP contribution in [-0.4, -0.2) is 16.2 Å². The number of hydrogen-bond acceptors (Lipinski definition) is 4. The number of carboxylic acid groups (broad SMARTS) is 1. The van der Waals surface area contributed by atoms with Gasteiger partial charge in [0.2, 0.25) is 0 Å². The molecule has 0 bridgehead atoms. The van der Waals surface area contributed by atoms with Gasteiger partial charge in [-0.1, -0.05) is 5.16 Å². The first-order chi connectivity index (χ1) is 8.56. The summed E-state index contributed by atoms with van der Waals surface area (Å²) in [5, 5.41) is 15.8. The SMILES string of the molecule is Cc1cc(CNc2ccc(C(=O)O)cc2Br)on1. The summed E-state index contributed by atoms with van der Waals surface area (Å²) in [5.74, 6) is -0.227. The molecule has 0 aliphatic rings. The summed E-state index contributed by atoms with van der Waals surface area (Å²) in [5.41, 5.74) is 1.86. The Morgan fingerprint density at radius 1 is 1.50 bits per heavy atom. The minimum atomic E-state index is -0.951. The monoisotopic (exact) mass is 310 g/mol. The first kappa shape index (κ1) is 12.6. The van der Waals surface area contributed by atoms with Gasteiger partial charge >= 0.3 is 5.97 Å². The molecule has 1 aromatic carbocycles. The highest BCUT2D eigenvalue weighted by molar-refractivity contribution is 9.10. The molecule has 2 rings (SSSR count). The van der Waals surface area contributed by atoms with Crippen LogP contribution < -0.4 is 5.32 Å². The lowest BCUT2D eigenvalue weighted by Gasteiger charge is -2.07. The number of anilines is 1. The molecular weight excluding hydrogens is 300 g/mol. The van der Waals surface area contributed by atoms with Crippen molar-refractivity contribution in [2.24, 2.45) is 0 Å². The van der Waals surface area contributed by atoms with E-state index in [2.05, 4.69) is 26.4 Å². The number of carboxylic acids is 1. The highest BCUT2D eigenvalue weighted by Gasteiger charge is 2.07. The quantitative estimate of drug-likeness (QED) is 0.907. The molecule has 5 nitrogen and oxygen atoms in total. The lowest BCUT2D eigenvalue weighted by atomic mass is 10.2.